The van der Waals surface area contributed by atoms with Gasteiger partial charge in [-0.15, -0.1) is 11.3 Å². The summed E-state index contributed by atoms with van der Waals surface area (Å²) in [6.07, 6.45) is 0. The number of para-hydroxylation sites is 3. The second-order valence-electron chi connectivity index (χ2n) is 16.6. The van der Waals surface area contributed by atoms with Crippen molar-refractivity contribution in [1.82, 2.24) is 0 Å². The van der Waals surface area contributed by atoms with Crippen LogP contribution in [-0.2, 0) is 10.8 Å². The van der Waals surface area contributed by atoms with Crippen LogP contribution in [0.3, 0.4) is 0 Å². The van der Waals surface area contributed by atoms with Crippen LogP contribution in [-0.4, -0.2) is 0 Å². The van der Waals surface area contributed by atoms with Gasteiger partial charge in [0.1, 0.15) is 0 Å². The van der Waals surface area contributed by atoms with Crippen molar-refractivity contribution in [3.63, 3.8) is 0 Å². The van der Waals surface area contributed by atoms with E-state index in [4.69, 9.17) is 0 Å². The number of fused-ring (bicyclic) bond motifs is 10. The van der Waals surface area contributed by atoms with Gasteiger partial charge in [-0.3, -0.25) is 0 Å². The average Bonchev–Trinajstić information content (AvgIpc) is 3.83. The number of hydrogen-bond donors (Lipinski definition) is 0. The monoisotopic (exact) mass is 750 g/mol. The molecule has 0 fully saturated rings. The molecule has 0 saturated carbocycles. The number of nitrogens with zero attached hydrogens (tertiary/aromatic N) is 2. The highest BCUT2D eigenvalue weighted by atomic mass is 32.1. The topological polar surface area (TPSA) is 6.48 Å². The Kier molecular flexibility index (Phi) is 7.46. The van der Waals surface area contributed by atoms with Crippen LogP contribution in [0.1, 0.15) is 49.9 Å². The number of rotatable bonds is 6. The molecule has 0 spiro atoms. The first kappa shape index (κ1) is 33.9. The normalized spacial score (nSPS) is 14.2. The summed E-state index contributed by atoms with van der Waals surface area (Å²) in [6, 6.07) is 66.7. The zero-order chi connectivity index (χ0) is 38.5. The number of anilines is 6. The van der Waals surface area contributed by atoms with Gasteiger partial charge in [-0.25, -0.2) is 0 Å². The van der Waals surface area contributed by atoms with E-state index in [9.17, 15) is 0 Å². The van der Waals surface area contributed by atoms with E-state index >= 15 is 0 Å². The summed E-state index contributed by atoms with van der Waals surface area (Å²) in [5, 5.41) is 5.08. The molecule has 274 valence electrons. The molecule has 8 aromatic carbocycles. The molecule has 0 radical (unpaired) electrons. The average molecular weight is 751 g/mol. The zero-order valence-corrected chi connectivity index (χ0v) is 33.4. The molecule has 0 amide bonds. The van der Waals surface area contributed by atoms with E-state index < -0.39 is 0 Å². The van der Waals surface area contributed by atoms with Crippen molar-refractivity contribution < 1.29 is 0 Å². The van der Waals surface area contributed by atoms with Crippen molar-refractivity contribution in [1.29, 1.82) is 0 Å². The van der Waals surface area contributed by atoms with E-state index in [2.05, 4.69) is 219 Å². The maximum absolute atomic E-state index is 2.47. The Morgan fingerprint density at radius 3 is 1.28 bits per heavy atom. The molecule has 0 aliphatic heterocycles. The van der Waals surface area contributed by atoms with Crippen LogP contribution in [0.4, 0.5) is 34.1 Å². The lowest BCUT2D eigenvalue weighted by Crippen LogP contribution is -2.23. The van der Waals surface area contributed by atoms with Gasteiger partial charge in [0, 0.05) is 54.7 Å². The third-order valence-electron chi connectivity index (χ3n) is 12.5. The predicted octanol–water partition coefficient (Wildman–Crippen LogP) is 15.6. The van der Waals surface area contributed by atoms with Crippen LogP contribution >= 0.6 is 11.3 Å². The molecule has 0 atom stereocenters. The molecule has 11 rings (SSSR count). The fourth-order valence-corrected chi connectivity index (χ4v) is 11.5. The van der Waals surface area contributed by atoms with E-state index in [0.29, 0.717) is 0 Å². The molecule has 1 heterocycles. The smallest absolute Gasteiger partial charge is 0.0468 e. The van der Waals surface area contributed by atoms with Crippen LogP contribution in [0.5, 0.6) is 0 Å². The molecule has 2 aliphatic rings. The first-order valence-corrected chi connectivity index (χ1v) is 20.8. The van der Waals surface area contributed by atoms with Gasteiger partial charge in [-0.05, 0) is 128 Å². The van der Waals surface area contributed by atoms with Crippen molar-refractivity contribution in [3.8, 4) is 20.9 Å². The first-order valence-electron chi connectivity index (χ1n) is 19.9. The fraction of sp³-hybridized carbons (Fsp3) is 0.111. The van der Waals surface area contributed by atoms with Crippen LogP contribution in [0.2, 0.25) is 0 Å². The number of benzene rings is 8. The third-order valence-corrected chi connectivity index (χ3v) is 13.8. The van der Waals surface area contributed by atoms with Gasteiger partial charge in [-0.2, -0.15) is 0 Å². The molecule has 57 heavy (non-hydrogen) atoms. The summed E-state index contributed by atoms with van der Waals surface area (Å²) in [5.41, 5.74) is 15.1. The number of hydrogen-bond acceptors (Lipinski definition) is 3. The summed E-state index contributed by atoms with van der Waals surface area (Å²) in [6.45, 7) is 9.77. The van der Waals surface area contributed by atoms with Gasteiger partial charge < -0.3 is 9.80 Å². The van der Waals surface area contributed by atoms with Crippen molar-refractivity contribution in [2.75, 3.05) is 9.80 Å². The Morgan fingerprint density at radius 2 is 0.754 bits per heavy atom. The summed E-state index contributed by atoms with van der Waals surface area (Å²) in [5.74, 6) is 0. The predicted molar refractivity (Wildman–Crippen MR) is 244 cm³/mol. The van der Waals surface area contributed by atoms with E-state index in [1.54, 1.807) is 0 Å². The standard InChI is InChI=1S/C54H42N2S/c1-53(2)47-33-41(55(37-17-8-5-9-18-37)38-19-10-6-11-20-38)27-30-45(47)51-49(53)50-52(57-51)46-31-28-42(34-48(46)54(50,3)4)56(39-21-12-7-13-22-39)40-26-29-44-36(32-40)25-24-35-16-14-15-23-43(35)44/h5-34H,1-4H3. The highest BCUT2D eigenvalue weighted by Crippen LogP contribution is 2.64. The van der Waals surface area contributed by atoms with Gasteiger partial charge in [0.25, 0.3) is 0 Å². The highest BCUT2D eigenvalue weighted by Gasteiger charge is 2.48. The molecule has 2 aliphatic carbocycles. The lowest BCUT2D eigenvalue weighted by atomic mass is 9.74. The molecule has 2 nitrogen and oxygen atoms in total. The largest absolute Gasteiger partial charge is 0.310 e. The molecule has 0 saturated heterocycles. The lowest BCUT2D eigenvalue weighted by Gasteiger charge is -2.31. The van der Waals surface area contributed by atoms with Crippen molar-refractivity contribution in [2.45, 2.75) is 38.5 Å². The molecule has 0 bridgehead atoms. The summed E-state index contributed by atoms with van der Waals surface area (Å²) >= 11 is 1.99. The zero-order valence-electron chi connectivity index (χ0n) is 32.6. The summed E-state index contributed by atoms with van der Waals surface area (Å²) < 4.78 is 0. The quantitative estimate of drug-likeness (QED) is 0.156. The van der Waals surface area contributed by atoms with Crippen LogP contribution < -0.4 is 9.80 Å². The van der Waals surface area contributed by atoms with Crippen molar-refractivity contribution >= 4 is 67.0 Å². The van der Waals surface area contributed by atoms with E-state index in [-0.39, 0.29) is 10.8 Å². The maximum atomic E-state index is 2.47. The molecule has 0 unspecified atom stereocenters. The Bertz CT molecular complexity index is 2970. The molecule has 9 aromatic rings. The Hall–Kier alpha value is -6.42. The van der Waals surface area contributed by atoms with Crippen LogP contribution in [0, 0.1) is 0 Å². The molecule has 1 aromatic heterocycles. The van der Waals surface area contributed by atoms with Gasteiger partial charge in [0.15, 0.2) is 0 Å². The second-order valence-corrected chi connectivity index (χ2v) is 17.6. The fourth-order valence-electron chi connectivity index (χ4n) is 9.81. The van der Waals surface area contributed by atoms with Crippen LogP contribution in [0.15, 0.2) is 182 Å². The van der Waals surface area contributed by atoms with E-state index in [0.717, 1.165) is 22.7 Å². The Labute approximate surface area is 338 Å². The van der Waals surface area contributed by atoms with Gasteiger partial charge in [-0.1, -0.05) is 137 Å². The summed E-state index contributed by atoms with van der Waals surface area (Å²) in [4.78, 5) is 7.65. The van der Waals surface area contributed by atoms with Crippen molar-refractivity contribution in [2.24, 2.45) is 0 Å². The number of thiophene rings is 1. The second kappa shape index (κ2) is 12.5. The molecular formula is C54H42N2S. The maximum Gasteiger partial charge on any atom is 0.0468 e. The summed E-state index contributed by atoms with van der Waals surface area (Å²) in [7, 11) is 0. The molecule has 3 heteroatoms. The van der Waals surface area contributed by atoms with Crippen molar-refractivity contribution in [3.05, 3.63) is 204 Å². The lowest BCUT2D eigenvalue weighted by molar-refractivity contribution is 0.603. The minimum atomic E-state index is -0.183. The minimum absolute atomic E-state index is 0.169. The third kappa shape index (κ3) is 5.08. The first-order chi connectivity index (χ1) is 27.8. The van der Waals surface area contributed by atoms with Gasteiger partial charge in [0.2, 0.25) is 0 Å². The van der Waals surface area contributed by atoms with E-state index in [1.807, 2.05) is 11.3 Å². The molecular weight excluding hydrogens is 709 g/mol. The molecule has 0 N–H and O–H groups in total. The highest BCUT2D eigenvalue weighted by molar-refractivity contribution is 7.19. The van der Waals surface area contributed by atoms with E-state index in [1.165, 1.54) is 76.1 Å². The SMILES string of the molecule is CC1(C)c2cc(N(c3ccccc3)c3ccccc3)ccc2-c2sc3c(c21)C(C)(C)c1cc(N(c2ccccc2)c2ccc4c(ccc5ccccc54)c2)ccc1-3. The van der Waals surface area contributed by atoms with Crippen LogP contribution in [0.25, 0.3) is 42.4 Å². The van der Waals surface area contributed by atoms with Gasteiger partial charge >= 0.3 is 0 Å². The Balaban J connectivity index is 1.01. The Morgan fingerprint density at radius 1 is 0.351 bits per heavy atom. The van der Waals surface area contributed by atoms with Gasteiger partial charge in [0.05, 0.1) is 0 Å². The minimum Gasteiger partial charge on any atom is -0.310 e.